The van der Waals surface area contributed by atoms with Crippen LogP contribution in [0.4, 0.5) is 0 Å². The molecule has 0 spiro atoms. The van der Waals surface area contributed by atoms with Crippen molar-refractivity contribution in [2.45, 2.75) is 38.0 Å². The maximum Gasteiger partial charge on any atom is 0.0275 e. The summed E-state index contributed by atoms with van der Waals surface area (Å²) in [6.07, 6.45) is 6.01. The summed E-state index contributed by atoms with van der Waals surface area (Å²) in [5, 5.41) is 3.85. The summed E-state index contributed by atoms with van der Waals surface area (Å²) in [5.74, 6) is 0. The predicted octanol–water partition coefficient (Wildman–Crippen LogP) is 3.75. The molecule has 0 saturated heterocycles. The van der Waals surface area contributed by atoms with E-state index < -0.39 is 0 Å². The number of rotatable bonds is 8. The number of hydrogen-bond acceptors (Lipinski definition) is 2. The van der Waals surface area contributed by atoms with Gasteiger partial charge in [-0.15, -0.1) is 13.2 Å². The van der Waals surface area contributed by atoms with Crippen molar-refractivity contribution >= 4 is 11.8 Å². The molecular weight excluding hydrogens is 202 g/mol. The van der Waals surface area contributed by atoms with Crippen molar-refractivity contribution in [1.82, 2.24) is 5.32 Å². The molecule has 0 heterocycles. The average molecular weight is 225 g/mol. The Morgan fingerprint density at radius 2 is 2.00 bits per heavy atom. The van der Waals surface area contributed by atoms with Crippen LogP contribution in [0.3, 0.4) is 0 Å². The summed E-state index contributed by atoms with van der Waals surface area (Å²) >= 11 is 1.80. The smallest absolute Gasteiger partial charge is 0.0275 e. The Kier molecular flexibility index (Phi) is 7.31. The summed E-state index contributed by atoms with van der Waals surface area (Å²) in [6, 6.07) is 0.419. The molecule has 0 aliphatic rings. The first-order chi connectivity index (χ1) is 6.99. The summed E-state index contributed by atoms with van der Waals surface area (Å²) in [5.41, 5.74) is 2.29. The van der Waals surface area contributed by atoms with Crippen molar-refractivity contribution in [3.63, 3.8) is 0 Å². The minimum Gasteiger partial charge on any atom is -0.386 e. The van der Waals surface area contributed by atoms with Gasteiger partial charge in [0.05, 0.1) is 0 Å². The SMILES string of the molecule is C=CC(CC(=C)NC(C)CC(=C)C)SC. The molecule has 2 heteroatoms. The van der Waals surface area contributed by atoms with Gasteiger partial charge in [-0.1, -0.05) is 18.2 Å². The van der Waals surface area contributed by atoms with Crippen molar-refractivity contribution in [2.75, 3.05) is 6.26 Å². The molecule has 0 bridgehead atoms. The molecule has 0 radical (unpaired) electrons. The molecule has 1 N–H and O–H groups in total. The van der Waals surface area contributed by atoms with E-state index in [0.29, 0.717) is 11.3 Å². The molecule has 0 aromatic carbocycles. The van der Waals surface area contributed by atoms with Crippen LogP contribution >= 0.6 is 11.8 Å². The summed E-state index contributed by atoms with van der Waals surface area (Å²) in [4.78, 5) is 0. The van der Waals surface area contributed by atoms with E-state index >= 15 is 0 Å². The standard InChI is InChI=1S/C13H23NS/c1-7-13(15-6)9-12(5)14-11(4)8-10(2)3/h7,11,13-14H,1-2,5,8-9H2,3-4,6H3. The van der Waals surface area contributed by atoms with Gasteiger partial charge in [0.15, 0.2) is 0 Å². The second kappa shape index (κ2) is 7.63. The van der Waals surface area contributed by atoms with Gasteiger partial charge in [-0.3, -0.25) is 0 Å². The van der Waals surface area contributed by atoms with Gasteiger partial charge in [0, 0.05) is 23.4 Å². The molecule has 0 amide bonds. The molecule has 0 aliphatic heterocycles. The van der Waals surface area contributed by atoms with Crippen LogP contribution in [-0.4, -0.2) is 17.5 Å². The third kappa shape index (κ3) is 7.32. The molecule has 2 atom stereocenters. The Hall–Kier alpha value is -0.630. The van der Waals surface area contributed by atoms with Crippen molar-refractivity contribution in [1.29, 1.82) is 0 Å². The van der Waals surface area contributed by atoms with E-state index in [4.69, 9.17) is 0 Å². The molecule has 0 fully saturated rings. The molecule has 0 rings (SSSR count). The Bertz CT molecular complexity index is 233. The molecule has 0 aliphatic carbocycles. The zero-order chi connectivity index (χ0) is 11.8. The van der Waals surface area contributed by atoms with Gasteiger partial charge in [0.1, 0.15) is 0 Å². The molecule has 0 aromatic rings. The molecule has 2 unspecified atom stereocenters. The van der Waals surface area contributed by atoms with Gasteiger partial charge >= 0.3 is 0 Å². The van der Waals surface area contributed by atoms with Gasteiger partial charge in [0.25, 0.3) is 0 Å². The number of nitrogens with one attached hydrogen (secondary N) is 1. The highest BCUT2D eigenvalue weighted by molar-refractivity contribution is 7.99. The van der Waals surface area contributed by atoms with Crippen molar-refractivity contribution in [3.8, 4) is 0 Å². The second-order valence-electron chi connectivity index (χ2n) is 4.02. The fourth-order valence-corrected chi connectivity index (χ4v) is 2.05. The van der Waals surface area contributed by atoms with Crippen LogP contribution in [0.1, 0.15) is 26.7 Å². The lowest BCUT2D eigenvalue weighted by Gasteiger charge is -2.19. The lowest BCUT2D eigenvalue weighted by atomic mass is 10.1. The largest absolute Gasteiger partial charge is 0.386 e. The van der Waals surface area contributed by atoms with Crippen LogP contribution in [0.5, 0.6) is 0 Å². The van der Waals surface area contributed by atoms with Crippen LogP contribution < -0.4 is 5.32 Å². The normalized spacial score (nSPS) is 14.1. The highest BCUT2D eigenvalue weighted by Gasteiger charge is 2.07. The van der Waals surface area contributed by atoms with Gasteiger partial charge in [-0.25, -0.2) is 0 Å². The Labute approximate surface area is 98.7 Å². The maximum atomic E-state index is 4.04. The average Bonchev–Trinajstić information content (AvgIpc) is 2.12. The first-order valence-electron chi connectivity index (χ1n) is 5.23. The molecule has 1 nitrogen and oxygen atoms in total. The van der Waals surface area contributed by atoms with E-state index in [0.717, 1.165) is 18.5 Å². The fraction of sp³-hybridized carbons (Fsp3) is 0.538. The summed E-state index contributed by atoms with van der Waals surface area (Å²) < 4.78 is 0. The van der Waals surface area contributed by atoms with Crippen LogP contribution in [0, 0.1) is 0 Å². The molecular formula is C13H23NS. The van der Waals surface area contributed by atoms with E-state index in [1.807, 2.05) is 6.08 Å². The lowest BCUT2D eigenvalue weighted by Crippen LogP contribution is -2.26. The number of hydrogen-bond donors (Lipinski definition) is 1. The predicted molar refractivity (Wildman–Crippen MR) is 73.3 cm³/mol. The first kappa shape index (κ1) is 14.4. The fourth-order valence-electron chi connectivity index (χ4n) is 1.49. The van der Waals surface area contributed by atoms with Crippen molar-refractivity contribution in [3.05, 3.63) is 37.1 Å². The van der Waals surface area contributed by atoms with Gasteiger partial charge in [-0.2, -0.15) is 11.8 Å². The van der Waals surface area contributed by atoms with E-state index in [2.05, 4.69) is 45.2 Å². The number of thioether (sulfide) groups is 1. The van der Waals surface area contributed by atoms with E-state index in [-0.39, 0.29) is 0 Å². The molecule has 86 valence electrons. The Morgan fingerprint density at radius 3 is 2.40 bits per heavy atom. The van der Waals surface area contributed by atoms with Crippen LogP contribution in [0.15, 0.2) is 37.1 Å². The van der Waals surface area contributed by atoms with Gasteiger partial charge in [0.2, 0.25) is 0 Å². The van der Waals surface area contributed by atoms with Crippen LogP contribution in [0.2, 0.25) is 0 Å². The van der Waals surface area contributed by atoms with Gasteiger partial charge in [-0.05, 0) is 26.5 Å². The Morgan fingerprint density at radius 1 is 1.40 bits per heavy atom. The summed E-state index contributed by atoms with van der Waals surface area (Å²) in [7, 11) is 0. The van der Waals surface area contributed by atoms with Crippen LogP contribution in [-0.2, 0) is 0 Å². The van der Waals surface area contributed by atoms with Crippen molar-refractivity contribution in [2.24, 2.45) is 0 Å². The van der Waals surface area contributed by atoms with Crippen molar-refractivity contribution < 1.29 is 0 Å². The topological polar surface area (TPSA) is 12.0 Å². The minimum atomic E-state index is 0.419. The molecule has 0 saturated carbocycles. The third-order valence-corrected chi connectivity index (χ3v) is 3.08. The quantitative estimate of drug-likeness (QED) is 0.631. The molecule has 0 aromatic heterocycles. The summed E-state index contributed by atoms with van der Waals surface area (Å²) in [6.45, 7) is 16.0. The minimum absolute atomic E-state index is 0.419. The van der Waals surface area contributed by atoms with Gasteiger partial charge < -0.3 is 5.32 Å². The lowest BCUT2D eigenvalue weighted by molar-refractivity contribution is 0.594. The Balaban J connectivity index is 3.91. The van der Waals surface area contributed by atoms with E-state index in [1.54, 1.807) is 11.8 Å². The zero-order valence-corrected chi connectivity index (χ0v) is 11.0. The number of allylic oxidation sites excluding steroid dienone is 1. The second-order valence-corrected chi connectivity index (χ2v) is 5.10. The highest BCUT2D eigenvalue weighted by Crippen LogP contribution is 2.16. The van der Waals surface area contributed by atoms with E-state index in [9.17, 15) is 0 Å². The van der Waals surface area contributed by atoms with Crippen LogP contribution in [0.25, 0.3) is 0 Å². The van der Waals surface area contributed by atoms with E-state index in [1.165, 1.54) is 5.57 Å². The first-order valence-corrected chi connectivity index (χ1v) is 6.52. The maximum absolute atomic E-state index is 4.04. The highest BCUT2D eigenvalue weighted by atomic mass is 32.2. The zero-order valence-electron chi connectivity index (χ0n) is 10.2. The third-order valence-electron chi connectivity index (χ3n) is 2.12. The monoisotopic (exact) mass is 225 g/mol. The molecule has 15 heavy (non-hydrogen) atoms.